The Hall–Kier alpha value is -3.74. The van der Waals surface area contributed by atoms with Crippen LogP contribution in [0.1, 0.15) is 11.1 Å². The van der Waals surface area contributed by atoms with E-state index < -0.39 is 0 Å². The number of carbonyl (C=O) groups is 1. The molecule has 30 heavy (non-hydrogen) atoms. The molecule has 0 atom stereocenters. The highest BCUT2D eigenvalue weighted by Gasteiger charge is 2.11. The van der Waals surface area contributed by atoms with E-state index in [9.17, 15) is 9.18 Å². The SMILES string of the molecule is COc1cccc(CNC(=O)Nc2cccc(OCc3cccc(F)c3)c2)c1OC. The summed E-state index contributed by atoms with van der Waals surface area (Å²) in [6.45, 7) is 0.491. The van der Waals surface area contributed by atoms with Crippen LogP contribution < -0.4 is 24.8 Å². The average molecular weight is 410 g/mol. The van der Waals surface area contributed by atoms with Crippen LogP contribution in [-0.2, 0) is 13.2 Å². The fourth-order valence-corrected chi connectivity index (χ4v) is 2.90. The Morgan fingerprint density at radius 1 is 0.967 bits per heavy atom. The first kappa shape index (κ1) is 21.0. The standard InChI is InChI=1S/C23H23FN2O4/c1-28-21-11-4-7-17(22(21)29-2)14-25-23(27)26-19-9-5-10-20(13-19)30-15-16-6-3-8-18(24)12-16/h3-13H,14-15H2,1-2H3,(H2,25,26,27). The summed E-state index contributed by atoms with van der Waals surface area (Å²) >= 11 is 0. The van der Waals surface area contributed by atoms with Crippen molar-refractivity contribution < 1.29 is 23.4 Å². The molecule has 0 aliphatic rings. The minimum Gasteiger partial charge on any atom is -0.493 e. The van der Waals surface area contributed by atoms with Crippen LogP contribution >= 0.6 is 0 Å². The molecule has 0 aliphatic heterocycles. The van der Waals surface area contributed by atoms with Gasteiger partial charge in [0.25, 0.3) is 0 Å². The highest BCUT2D eigenvalue weighted by molar-refractivity contribution is 5.89. The zero-order chi connectivity index (χ0) is 21.3. The summed E-state index contributed by atoms with van der Waals surface area (Å²) in [5, 5.41) is 5.55. The first-order valence-electron chi connectivity index (χ1n) is 9.31. The van der Waals surface area contributed by atoms with E-state index in [1.807, 2.05) is 12.1 Å². The number of carbonyl (C=O) groups excluding carboxylic acids is 1. The van der Waals surface area contributed by atoms with E-state index in [1.165, 1.54) is 12.1 Å². The van der Waals surface area contributed by atoms with Crippen LogP contribution in [0.5, 0.6) is 17.2 Å². The monoisotopic (exact) mass is 410 g/mol. The molecule has 6 nitrogen and oxygen atoms in total. The molecule has 0 bridgehead atoms. The molecule has 3 aromatic rings. The summed E-state index contributed by atoms with van der Waals surface area (Å²) in [7, 11) is 3.11. The second-order valence-corrected chi connectivity index (χ2v) is 6.41. The molecular weight excluding hydrogens is 387 g/mol. The molecule has 3 aromatic carbocycles. The molecule has 0 fully saturated rings. The Kier molecular flexibility index (Phi) is 7.10. The molecule has 156 valence electrons. The lowest BCUT2D eigenvalue weighted by Gasteiger charge is -2.14. The van der Waals surface area contributed by atoms with Gasteiger partial charge in [0.2, 0.25) is 0 Å². The number of hydrogen-bond donors (Lipinski definition) is 2. The van der Waals surface area contributed by atoms with E-state index in [0.29, 0.717) is 22.9 Å². The molecule has 7 heteroatoms. The van der Waals surface area contributed by atoms with E-state index in [0.717, 1.165) is 11.1 Å². The maximum absolute atomic E-state index is 13.3. The van der Waals surface area contributed by atoms with Crippen molar-refractivity contribution in [2.45, 2.75) is 13.2 Å². The molecule has 0 aliphatic carbocycles. The van der Waals surface area contributed by atoms with Crippen LogP contribution in [0.3, 0.4) is 0 Å². The van der Waals surface area contributed by atoms with E-state index in [-0.39, 0.29) is 25.0 Å². The molecule has 3 rings (SSSR count). The zero-order valence-electron chi connectivity index (χ0n) is 16.8. The number of hydrogen-bond acceptors (Lipinski definition) is 4. The number of benzene rings is 3. The summed E-state index contributed by atoms with van der Waals surface area (Å²) < 4.78 is 29.6. The predicted molar refractivity (Wildman–Crippen MR) is 113 cm³/mol. The number of urea groups is 1. The molecule has 0 saturated heterocycles. The second-order valence-electron chi connectivity index (χ2n) is 6.41. The third-order valence-corrected chi connectivity index (χ3v) is 4.31. The number of anilines is 1. The molecule has 0 saturated carbocycles. The van der Waals surface area contributed by atoms with Crippen LogP contribution in [0.15, 0.2) is 66.7 Å². The van der Waals surface area contributed by atoms with Gasteiger partial charge in [-0.3, -0.25) is 0 Å². The summed E-state index contributed by atoms with van der Waals surface area (Å²) in [6.07, 6.45) is 0. The van der Waals surface area contributed by atoms with Crippen molar-refractivity contribution >= 4 is 11.7 Å². The van der Waals surface area contributed by atoms with Crippen molar-refractivity contribution in [3.05, 3.63) is 83.7 Å². The molecule has 0 spiro atoms. The minimum atomic E-state index is -0.373. The van der Waals surface area contributed by atoms with E-state index in [4.69, 9.17) is 14.2 Å². The van der Waals surface area contributed by atoms with Gasteiger partial charge in [-0.2, -0.15) is 0 Å². The number of ether oxygens (including phenoxy) is 3. The Morgan fingerprint density at radius 2 is 1.77 bits per heavy atom. The average Bonchev–Trinajstić information content (AvgIpc) is 2.76. The van der Waals surface area contributed by atoms with E-state index in [2.05, 4.69) is 10.6 Å². The van der Waals surface area contributed by atoms with Crippen LogP contribution in [0, 0.1) is 5.82 Å². The highest BCUT2D eigenvalue weighted by atomic mass is 19.1. The summed E-state index contributed by atoms with van der Waals surface area (Å²) in [5.74, 6) is 1.43. The summed E-state index contributed by atoms with van der Waals surface area (Å²) in [5.41, 5.74) is 2.08. The van der Waals surface area contributed by atoms with Crippen molar-refractivity contribution in [2.75, 3.05) is 19.5 Å². The van der Waals surface area contributed by atoms with Gasteiger partial charge in [-0.25, -0.2) is 9.18 Å². The zero-order valence-corrected chi connectivity index (χ0v) is 16.8. The maximum Gasteiger partial charge on any atom is 0.319 e. The number of nitrogens with one attached hydrogen (secondary N) is 2. The Morgan fingerprint density at radius 3 is 2.53 bits per heavy atom. The first-order chi connectivity index (χ1) is 14.6. The lowest BCUT2D eigenvalue weighted by molar-refractivity contribution is 0.251. The quantitative estimate of drug-likeness (QED) is 0.563. The lowest BCUT2D eigenvalue weighted by Crippen LogP contribution is -2.28. The minimum absolute atomic E-state index is 0.225. The summed E-state index contributed by atoms with van der Waals surface area (Å²) in [4.78, 5) is 12.3. The van der Waals surface area contributed by atoms with Crippen LogP contribution in [-0.4, -0.2) is 20.3 Å². The van der Waals surface area contributed by atoms with Gasteiger partial charge >= 0.3 is 6.03 Å². The predicted octanol–water partition coefficient (Wildman–Crippen LogP) is 4.74. The molecular formula is C23H23FN2O4. The van der Waals surface area contributed by atoms with Crippen molar-refractivity contribution in [3.8, 4) is 17.2 Å². The third-order valence-electron chi connectivity index (χ3n) is 4.31. The molecule has 2 amide bonds. The molecule has 0 heterocycles. The number of para-hydroxylation sites is 1. The van der Waals surface area contributed by atoms with Gasteiger partial charge in [-0.15, -0.1) is 0 Å². The number of rotatable bonds is 8. The molecule has 0 unspecified atom stereocenters. The Bertz CT molecular complexity index is 1010. The first-order valence-corrected chi connectivity index (χ1v) is 9.31. The van der Waals surface area contributed by atoms with Crippen LogP contribution in [0.2, 0.25) is 0 Å². The van der Waals surface area contributed by atoms with Gasteiger partial charge in [0.05, 0.1) is 14.2 Å². The Labute approximate surface area is 174 Å². The van der Waals surface area contributed by atoms with E-state index >= 15 is 0 Å². The molecule has 2 N–H and O–H groups in total. The number of methoxy groups -OCH3 is 2. The van der Waals surface area contributed by atoms with Crippen LogP contribution in [0.25, 0.3) is 0 Å². The van der Waals surface area contributed by atoms with Crippen molar-refractivity contribution in [2.24, 2.45) is 0 Å². The summed E-state index contributed by atoms with van der Waals surface area (Å²) in [6, 6.07) is 18.3. The van der Waals surface area contributed by atoms with Gasteiger partial charge in [0.15, 0.2) is 11.5 Å². The second kappa shape index (κ2) is 10.2. The van der Waals surface area contributed by atoms with E-state index in [1.54, 1.807) is 56.7 Å². The lowest BCUT2D eigenvalue weighted by atomic mass is 10.2. The van der Waals surface area contributed by atoms with Crippen molar-refractivity contribution in [1.29, 1.82) is 0 Å². The Balaban J connectivity index is 1.56. The van der Waals surface area contributed by atoms with Gasteiger partial charge < -0.3 is 24.8 Å². The third kappa shape index (κ3) is 5.64. The normalized spacial score (nSPS) is 10.2. The smallest absolute Gasteiger partial charge is 0.319 e. The van der Waals surface area contributed by atoms with Crippen molar-refractivity contribution in [3.63, 3.8) is 0 Å². The van der Waals surface area contributed by atoms with Gasteiger partial charge in [0.1, 0.15) is 18.2 Å². The van der Waals surface area contributed by atoms with Crippen molar-refractivity contribution in [1.82, 2.24) is 5.32 Å². The largest absolute Gasteiger partial charge is 0.493 e. The maximum atomic E-state index is 13.3. The highest BCUT2D eigenvalue weighted by Crippen LogP contribution is 2.30. The molecule has 0 aromatic heterocycles. The number of halogens is 1. The number of amides is 2. The molecule has 0 radical (unpaired) electrons. The van der Waals surface area contributed by atoms with Gasteiger partial charge in [-0.05, 0) is 35.9 Å². The fraction of sp³-hybridized carbons (Fsp3) is 0.174. The van der Waals surface area contributed by atoms with Crippen LogP contribution in [0.4, 0.5) is 14.9 Å². The topological polar surface area (TPSA) is 68.8 Å². The van der Waals surface area contributed by atoms with Gasteiger partial charge in [0, 0.05) is 23.9 Å². The van der Waals surface area contributed by atoms with Gasteiger partial charge in [-0.1, -0.05) is 30.3 Å². The fourth-order valence-electron chi connectivity index (χ4n) is 2.90.